The van der Waals surface area contributed by atoms with Gasteiger partial charge in [-0.2, -0.15) is 0 Å². The van der Waals surface area contributed by atoms with Gasteiger partial charge >= 0.3 is 6.09 Å². The maximum atomic E-state index is 10.5. The highest BCUT2D eigenvalue weighted by molar-refractivity contribution is 5.84. The van der Waals surface area contributed by atoms with E-state index in [0.717, 1.165) is 17.7 Å². The Morgan fingerprint density at radius 2 is 2.33 bits per heavy atom. The first-order valence-corrected chi connectivity index (χ1v) is 4.63. The van der Waals surface area contributed by atoms with Crippen LogP contribution in [0.5, 0.6) is 5.88 Å². The Kier molecular flexibility index (Phi) is 3.49. The highest BCUT2D eigenvalue weighted by atomic mass is 16.5. The van der Waals surface area contributed by atoms with Crippen molar-refractivity contribution in [3.63, 3.8) is 0 Å². The van der Waals surface area contributed by atoms with Crippen molar-refractivity contribution in [1.82, 2.24) is 4.98 Å². The van der Waals surface area contributed by atoms with Crippen LogP contribution in [0.3, 0.4) is 0 Å². The molecule has 0 atom stereocenters. The molecule has 0 saturated carbocycles. The first kappa shape index (κ1) is 11.3. The van der Waals surface area contributed by atoms with Crippen molar-refractivity contribution in [2.24, 2.45) is 0 Å². The molecule has 1 rings (SSSR count). The van der Waals surface area contributed by atoms with E-state index in [1.54, 1.807) is 6.07 Å². The number of amides is 1. The zero-order chi connectivity index (χ0) is 11.4. The van der Waals surface area contributed by atoms with E-state index in [0.29, 0.717) is 11.6 Å². The van der Waals surface area contributed by atoms with Crippen LogP contribution in [-0.4, -0.2) is 23.3 Å². The molecular weight excluding hydrogens is 196 g/mol. The normalized spacial score (nSPS) is 9.80. The second kappa shape index (κ2) is 4.63. The molecule has 5 heteroatoms. The lowest BCUT2D eigenvalue weighted by Crippen LogP contribution is -2.10. The van der Waals surface area contributed by atoms with Gasteiger partial charge in [-0.1, -0.05) is 6.92 Å². The van der Waals surface area contributed by atoms with Crippen LogP contribution < -0.4 is 10.1 Å². The summed E-state index contributed by atoms with van der Waals surface area (Å²) in [7, 11) is 1.46. The van der Waals surface area contributed by atoms with Gasteiger partial charge in [0.15, 0.2) is 0 Å². The molecule has 1 heterocycles. The molecule has 0 unspecified atom stereocenters. The molecule has 0 aliphatic rings. The number of rotatable bonds is 3. The molecule has 5 nitrogen and oxygen atoms in total. The summed E-state index contributed by atoms with van der Waals surface area (Å²) in [5.74, 6) is 0.298. The monoisotopic (exact) mass is 210 g/mol. The molecule has 0 spiro atoms. The van der Waals surface area contributed by atoms with Gasteiger partial charge in [0, 0.05) is 5.69 Å². The summed E-state index contributed by atoms with van der Waals surface area (Å²) in [5, 5.41) is 10.9. The topological polar surface area (TPSA) is 71.5 Å². The largest absolute Gasteiger partial charge is 0.480 e. The molecule has 1 aromatic rings. The van der Waals surface area contributed by atoms with Gasteiger partial charge in [0.25, 0.3) is 0 Å². The quantitative estimate of drug-likeness (QED) is 0.800. The third-order valence-electron chi connectivity index (χ3n) is 2.10. The molecule has 1 aromatic heterocycles. The number of pyridine rings is 1. The zero-order valence-corrected chi connectivity index (χ0v) is 9.00. The van der Waals surface area contributed by atoms with Gasteiger partial charge in [0.2, 0.25) is 5.88 Å². The predicted octanol–water partition coefficient (Wildman–Crippen LogP) is 2.05. The van der Waals surface area contributed by atoms with E-state index in [2.05, 4.69) is 10.3 Å². The first-order chi connectivity index (χ1) is 7.08. The summed E-state index contributed by atoms with van der Waals surface area (Å²) in [4.78, 5) is 14.7. The zero-order valence-electron chi connectivity index (χ0n) is 9.00. The van der Waals surface area contributed by atoms with Crippen molar-refractivity contribution in [1.29, 1.82) is 0 Å². The predicted molar refractivity (Wildman–Crippen MR) is 56.6 cm³/mol. The fourth-order valence-corrected chi connectivity index (χ4v) is 1.34. The minimum Gasteiger partial charge on any atom is -0.480 e. The smallest absolute Gasteiger partial charge is 0.409 e. The number of carboxylic acid groups (broad SMARTS) is 1. The number of carbonyl (C=O) groups is 1. The SMILES string of the molecule is CCc1cc(NC(=O)O)c(OC)nc1C. The van der Waals surface area contributed by atoms with E-state index in [1.807, 2.05) is 13.8 Å². The second-order valence-corrected chi connectivity index (χ2v) is 3.07. The molecule has 0 aliphatic carbocycles. The summed E-state index contributed by atoms with van der Waals surface area (Å²) in [5.41, 5.74) is 2.23. The van der Waals surface area contributed by atoms with E-state index in [9.17, 15) is 4.79 Å². The maximum absolute atomic E-state index is 10.5. The van der Waals surface area contributed by atoms with Crippen LogP contribution in [0.15, 0.2) is 6.07 Å². The van der Waals surface area contributed by atoms with Crippen molar-refractivity contribution < 1.29 is 14.6 Å². The third kappa shape index (κ3) is 2.59. The van der Waals surface area contributed by atoms with E-state index in [-0.39, 0.29) is 0 Å². The van der Waals surface area contributed by atoms with Crippen molar-refractivity contribution >= 4 is 11.8 Å². The summed E-state index contributed by atoms with van der Waals surface area (Å²) in [6.07, 6.45) is -0.321. The van der Waals surface area contributed by atoms with Gasteiger partial charge in [-0.15, -0.1) is 0 Å². The molecule has 0 saturated heterocycles. The van der Waals surface area contributed by atoms with Crippen molar-refractivity contribution in [2.45, 2.75) is 20.3 Å². The minimum atomic E-state index is -1.12. The third-order valence-corrected chi connectivity index (χ3v) is 2.10. The number of ether oxygens (including phenoxy) is 1. The Morgan fingerprint density at radius 3 is 2.80 bits per heavy atom. The number of hydrogen-bond acceptors (Lipinski definition) is 3. The Labute approximate surface area is 88.1 Å². The van der Waals surface area contributed by atoms with Gasteiger partial charge in [-0.05, 0) is 25.0 Å². The van der Waals surface area contributed by atoms with Gasteiger partial charge in [-0.25, -0.2) is 9.78 Å². The molecule has 0 radical (unpaired) electrons. The highest BCUT2D eigenvalue weighted by Gasteiger charge is 2.10. The Balaban J connectivity index is 3.16. The van der Waals surface area contributed by atoms with Crippen LogP contribution in [0.1, 0.15) is 18.2 Å². The van der Waals surface area contributed by atoms with Crippen molar-refractivity contribution in [3.8, 4) is 5.88 Å². The lowest BCUT2D eigenvalue weighted by molar-refractivity contribution is 0.209. The van der Waals surface area contributed by atoms with Crippen LogP contribution in [0.2, 0.25) is 0 Å². The average molecular weight is 210 g/mol. The minimum absolute atomic E-state index is 0.298. The van der Waals surface area contributed by atoms with Crippen LogP contribution in [-0.2, 0) is 6.42 Å². The van der Waals surface area contributed by atoms with E-state index >= 15 is 0 Å². The standard InChI is InChI=1S/C10H14N2O3/c1-4-7-5-8(12-10(13)14)9(15-3)11-6(7)2/h5,12H,4H2,1-3H3,(H,13,14). The lowest BCUT2D eigenvalue weighted by atomic mass is 10.1. The maximum Gasteiger partial charge on any atom is 0.409 e. The van der Waals surface area contributed by atoms with Gasteiger partial charge in [0.1, 0.15) is 5.69 Å². The molecular formula is C10H14N2O3. The molecule has 0 aliphatic heterocycles. The second-order valence-electron chi connectivity index (χ2n) is 3.07. The number of hydrogen-bond donors (Lipinski definition) is 2. The molecule has 82 valence electrons. The van der Waals surface area contributed by atoms with Crippen LogP contribution in [0.25, 0.3) is 0 Å². The molecule has 15 heavy (non-hydrogen) atoms. The van der Waals surface area contributed by atoms with E-state index in [4.69, 9.17) is 9.84 Å². The van der Waals surface area contributed by atoms with Crippen LogP contribution >= 0.6 is 0 Å². The number of methoxy groups -OCH3 is 1. The number of nitrogens with one attached hydrogen (secondary N) is 1. The molecule has 0 aromatic carbocycles. The Hall–Kier alpha value is -1.78. The number of nitrogens with zero attached hydrogens (tertiary/aromatic N) is 1. The Morgan fingerprint density at radius 1 is 1.67 bits per heavy atom. The van der Waals surface area contributed by atoms with Gasteiger partial charge in [-0.3, -0.25) is 5.32 Å². The molecule has 0 bridgehead atoms. The lowest BCUT2D eigenvalue weighted by Gasteiger charge is -2.10. The van der Waals surface area contributed by atoms with Crippen molar-refractivity contribution in [3.05, 3.63) is 17.3 Å². The van der Waals surface area contributed by atoms with Crippen LogP contribution in [0.4, 0.5) is 10.5 Å². The van der Waals surface area contributed by atoms with Crippen molar-refractivity contribution in [2.75, 3.05) is 12.4 Å². The Bertz CT molecular complexity index is 377. The van der Waals surface area contributed by atoms with E-state index in [1.165, 1.54) is 7.11 Å². The van der Waals surface area contributed by atoms with Crippen LogP contribution in [0, 0.1) is 6.92 Å². The molecule has 0 fully saturated rings. The first-order valence-electron chi connectivity index (χ1n) is 4.63. The van der Waals surface area contributed by atoms with E-state index < -0.39 is 6.09 Å². The molecule has 2 N–H and O–H groups in total. The number of anilines is 1. The summed E-state index contributed by atoms with van der Waals surface area (Å²) in [6, 6.07) is 1.75. The summed E-state index contributed by atoms with van der Waals surface area (Å²) in [6.45, 7) is 3.85. The summed E-state index contributed by atoms with van der Waals surface area (Å²) >= 11 is 0. The summed E-state index contributed by atoms with van der Waals surface area (Å²) < 4.78 is 4.99. The fourth-order valence-electron chi connectivity index (χ4n) is 1.34. The molecule has 1 amide bonds. The fraction of sp³-hybridized carbons (Fsp3) is 0.400. The van der Waals surface area contributed by atoms with Gasteiger partial charge in [0.05, 0.1) is 7.11 Å². The number of aryl methyl sites for hydroxylation is 2. The number of aromatic nitrogens is 1. The van der Waals surface area contributed by atoms with Gasteiger partial charge < -0.3 is 9.84 Å². The highest BCUT2D eigenvalue weighted by Crippen LogP contribution is 2.24. The average Bonchev–Trinajstić information content (AvgIpc) is 2.19.